The van der Waals surface area contributed by atoms with Crippen LogP contribution in [0.1, 0.15) is 47.5 Å². The summed E-state index contributed by atoms with van der Waals surface area (Å²) in [4.78, 5) is 0. The Morgan fingerprint density at radius 1 is 1.12 bits per heavy atom. The number of rotatable bonds is 10. The molecule has 0 aromatic heterocycles. The summed E-state index contributed by atoms with van der Waals surface area (Å²) in [6, 6.07) is 0.977. The van der Waals surface area contributed by atoms with Crippen molar-refractivity contribution in [1.29, 1.82) is 0 Å². The van der Waals surface area contributed by atoms with Crippen LogP contribution in [0.3, 0.4) is 0 Å². The Labute approximate surface area is 108 Å². The second-order valence-corrected chi connectivity index (χ2v) is 8.35. The van der Waals surface area contributed by atoms with Crippen LogP contribution < -0.4 is 0 Å². The topological polar surface area (TPSA) is 27.7 Å². The van der Waals surface area contributed by atoms with Crippen molar-refractivity contribution in [2.45, 2.75) is 65.1 Å². The van der Waals surface area contributed by atoms with Gasteiger partial charge in [0.15, 0.2) is 0 Å². The Morgan fingerprint density at radius 2 is 1.76 bits per heavy atom. The van der Waals surface area contributed by atoms with Gasteiger partial charge in [-0.1, -0.05) is 27.7 Å². The first-order valence-corrected chi connectivity index (χ1v) is 9.02. The molecule has 0 aliphatic rings. The van der Waals surface area contributed by atoms with Gasteiger partial charge in [-0.25, -0.2) is 0 Å². The Balaban J connectivity index is 4.70. The summed E-state index contributed by atoms with van der Waals surface area (Å²) in [5.41, 5.74) is 0.369. The highest BCUT2D eigenvalue weighted by atomic mass is 28.4. The molecule has 3 unspecified atom stereocenters. The Morgan fingerprint density at radius 3 is 2.12 bits per heavy atom. The summed E-state index contributed by atoms with van der Waals surface area (Å²) in [5, 5.41) is 0. The van der Waals surface area contributed by atoms with E-state index < -0.39 is 8.56 Å². The molecule has 0 rings (SSSR count). The molecule has 0 saturated heterocycles. The number of ether oxygens (including phenoxy) is 1. The Bertz CT molecular complexity index is 184. The van der Waals surface area contributed by atoms with Crippen molar-refractivity contribution in [2.75, 3.05) is 20.3 Å². The Kier molecular flexibility index (Phi) is 9.14. The highest BCUT2D eigenvalue weighted by Gasteiger charge is 2.44. The van der Waals surface area contributed by atoms with E-state index in [1.165, 1.54) is 0 Å². The first kappa shape index (κ1) is 17.1. The van der Waals surface area contributed by atoms with E-state index >= 15 is 0 Å². The molecule has 3 atom stereocenters. The average Bonchev–Trinajstić information content (AvgIpc) is 2.36. The summed E-state index contributed by atoms with van der Waals surface area (Å²) in [5.74, 6) is 0. The maximum absolute atomic E-state index is 5.99. The van der Waals surface area contributed by atoms with Crippen molar-refractivity contribution in [3.8, 4) is 0 Å². The van der Waals surface area contributed by atoms with Crippen molar-refractivity contribution < 1.29 is 13.6 Å². The minimum Gasteiger partial charge on any atom is -0.397 e. The van der Waals surface area contributed by atoms with Crippen LogP contribution in [0.4, 0.5) is 0 Å². The molecule has 0 radical (unpaired) electrons. The summed E-state index contributed by atoms with van der Waals surface area (Å²) < 4.78 is 17.7. The molecule has 0 heterocycles. The zero-order chi connectivity index (χ0) is 13.3. The van der Waals surface area contributed by atoms with E-state index in [4.69, 9.17) is 13.6 Å². The standard InChI is InChI=1S/C13H30O3Si/c1-7-11-15-13(8-2)12(5)17(10-4,14-6)16-9-3/h12-13H,7-11H2,1-6H3. The van der Waals surface area contributed by atoms with E-state index in [1.54, 1.807) is 7.11 Å². The normalized spacial score (nSPS) is 18.7. The molecule has 0 N–H and O–H groups in total. The first-order valence-electron chi connectivity index (χ1n) is 6.92. The van der Waals surface area contributed by atoms with Gasteiger partial charge in [-0.2, -0.15) is 0 Å². The van der Waals surface area contributed by atoms with Crippen LogP contribution in [0.15, 0.2) is 0 Å². The predicted octanol–water partition coefficient (Wildman–Crippen LogP) is 3.73. The molecule has 17 heavy (non-hydrogen) atoms. The highest BCUT2D eigenvalue weighted by Crippen LogP contribution is 2.33. The van der Waals surface area contributed by atoms with Gasteiger partial charge in [0.05, 0.1) is 6.10 Å². The lowest BCUT2D eigenvalue weighted by atomic mass is 10.2. The monoisotopic (exact) mass is 262 g/mol. The molecule has 0 fully saturated rings. The lowest BCUT2D eigenvalue weighted by Gasteiger charge is -2.37. The fraction of sp³-hybridized carbons (Fsp3) is 1.00. The maximum atomic E-state index is 5.99. The van der Waals surface area contributed by atoms with Gasteiger partial charge in [0.25, 0.3) is 0 Å². The summed E-state index contributed by atoms with van der Waals surface area (Å²) in [7, 11) is -0.320. The second kappa shape index (κ2) is 9.08. The highest BCUT2D eigenvalue weighted by molar-refractivity contribution is 6.69. The molecule has 104 valence electrons. The summed E-state index contributed by atoms with van der Waals surface area (Å²) >= 11 is 0. The van der Waals surface area contributed by atoms with Gasteiger partial charge in [0.1, 0.15) is 0 Å². The minimum absolute atomic E-state index is 0.257. The molecular formula is C13H30O3Si. The van der Waals surface area contributed by atoms with Crippen molar-refractivity contribution in [3.63, 3.8) is 0 Å². The average molecular weight is 262 g/mol. The molecule has 4 heteroatoms. The van der Waals surface area contributed by atoms with E-state index in [1.807, 2.05) is 6.92 Å². The van der Waals surface area contributed by atoms with Gasteiger partial charge in [0.2, 0.25) is 0 Å². The van der Waals surface area contributed by atoms with Crippen molar-refractivity contribution in [1.82, 2.24) is 0 Å². The third kappa shape index (κ3) is 4.70. The van der Waals surface area contributed by atoms with Gasteiger partial charge in [0, 0.05) is 25.9 Å². The predicted molar refractivity (Wildman–Crippen MR) is 74.6 cm³/mol. The van der Waals surface area contributed by atoms with Gasteiger partial charge >= 0.3 is 8.56 Å². The number of hydrogen-bond donors (Lipinski definition) is 0. The lowest BCUT2D eigenvalue weighted by molar-refractivity contribution is 0.0349. The van der Waals surface area contributed by atoms with Crippen LogP contribution in [0, 0.1) is 0 Å². The van der Waals surface area contributed by atoms with E-state index in [0.717, 1.165) is 32.1 Å². The molecule has 0 aliphatic carbocycles. The zero-order valence-corrected chi connectivity index (χ0v) is 13.4. The van der Waals surface area contributed by atoms with Crippen molar-refractivity contribution >= 4 is 8.56 Å². The molecule has 0 aromatic carbocycles. The third-order valence-electron chi connectivity index (χ3n) is 3.42. The quantitative estimate of drug-likeness (QED) is 0.562. The molecule has 0 bridgehead atoms. The molecule has 0 amide bonds. The molecule has 0 spiro atoms. The molecule has 0 aliphatic heterocycles. The zero-order valence-electron chi connectivity index (χ0n) is 12.4. The second-order valence-electron chi connectivity index (χ2n) is 4.41. The molecular weight excluding hydrogens is 232 g/mol. The van der Waals surface area contributed by atoms with Crippen LogP contribution in [0.2, 0.25) is 11.6 Å². The van der Waals surface area contributed by atoms with E-state index in [0.29, 0.717) is 5.54 Å². The van der Waals surface area contributed by atoms with Crippen LogP contribution in [-0.2, 0) is 13.6 Å². The third-order valence-corrected chi connectivity index (χ3v) is 7.63. The summed E-state index contributed by atoms with van der Waals surface area (Å²) in [6.07, 6.45) is 2.34. The van der Waals surface area contributed by atoms with Gasteiger partial charge in [-0.05, 0) is 25.8 Å². The molecule has 3 nitrogen and oxygen atoms in total. The number of hydrogen-bond acceptors (Lipinski definition) is 3. The summed E-state index contributed by atoms with van der Waals surface area (Å²) in [6.45, 7) is 12.3. The van der Waals surface area contributed by atoms with E-state index in [-0.39, 0.29) is 6.10 Å². The van der Waals surface area contributed by atoms with Gasteiger partial charge < -0.3 is 13.6 Å². The van der Waals surface area contributed by atoms with Crippen molar-refractivity contribution in [2.24, 2.45) is 0 Å². The van der Waals surface area contributed by atoms with Crippen molar-refractivity contribution in [3.05, 3.63) is 0 Å². The molecule has 0 aromatic rings. The maximum Gasteiger partial charge on any atom is 0.343 e. The van der Waals surface area contributed by atoms with Crippen LogP contribution in [-0.4, -0.2) is 35.0 Å². The van der Waals surface area contributed by atoms with E-state index in [2.05, 4.69) is 27.7 Å². The minimum atomic E-state index is -2.11. The smallest absolute Gasteiger partial charge is 0.343 e. The molecule has 0 saturated carbocycles. The van der Waals surface area contributed by atoms with Crippen LogP contribution in [0.25, 0.3) is 0 Å². The van der Waals surface area contributed by atoms with E-state index in [9.17, 15) is 0 Å². The fourth-order valence-electron chi connectivity index (χ4n) is 2.36. The van der Waals surface area contributed by atoms with Crippen LogP contribution >= 0.6 is 0 Å². The van der Waals surface area contributed by atoms with Gasteiger partial charge in [-0.3, -0.25) is 0 Å². The van der Waals surface area contributed by atoms with Crippen LogP contribution in [0.5, 0.6) is 0 Å². The largest absolute Gasteiger partial charge is 0.397 e. The lowest BCUT2D eigenvalue weighted by Crippen LogP contribution is -2.49. The fourth-order valence-corrected chi connectivity index (χ4v) is 5.63. The van der Waals surface area contributed by atoms with Gasteiger partial charge in [-0.15, -0.1) is 0 Å². The first-order chi connectivity index (χ1) is 8.11. The Hall–Kier alpha value is 0.0969. The SMILES string of the molecule is CCCOC(CC)C(C)[Si](CC)(OC)OCC.